The average Bonchev–Trinajstić information content (AvgIpc) is 2.18. The predicted octanol–water partition coefficient (Wildman–Crippen LogP) is 2.39. The highest BCUT2D eigenvalue weighted by atomic mass is 16.5. The molecule has 1 rings (SSSR count). The molecule has 0 radical (unpaired) electrons. The second-order valence-electron chi connectivity index (χ2n) is 4.60. The molecule has 0 heterocycles. The van der Waals surface area contributed by atoms with E-state index in [2.05, 4.69) is 10.1 Å². The SMILES string of the molecule is COC(=O)c1cc(NC(C)(C)C)ccc1O. The van der Waals surface area contributed by atoms with Crippen molar-refractivity contribution in [1.29, 1.82) is 0 Å². The molecular formula is C12H17NO3. The summed E-state index contributed by atoms with van der Waals surface area (Å²) in [4.78, 5) is 11.3. The third-order valence-electron chi connectivity index (χ3n) is 1.92. The number of anilines is 1. The van der Waals surface area contributed by atoms with Gasteiger partial charge in [-0.15, -0.1) is 0 Å². The van der Waals surface area contributed by atoms with Gasteiger partial charge >= 0.3 is 5.97 Å². The number of rotatable bonds is 2. The van der Waals surface area contributed by atoms with E-state index >= 15 is 0 Å². The van der Waals surface area contributed by atoms with Crippen LogP contribution in [0.2, 0.25) is 0 Å². The van der Waals surface area contributed by atoms with Crippen molar-refractivity contribution >= 4 is 11.7 Å². The van der Waals surface area contributed by atoms with Crippen LogP contribution in [-0.4, -0.2) is 23.7 Å². The van der Waals surface area contributed by atoms with Crippen LogP contribution >= 0.6 is 0 Å². The summed E-state index contributed by atoms with van der Waals surface area (Å²) in [7, 11) is 1.28. The summed E-state index contributed by atoms with van der Waals surface area (Å²) in [5, 5.41) is 12.7. The van der Waals surface area contributed by atoms with Crippen molar-refractivity contribution in [2.45, 2.75) is 26.3 Å². The Labute approximate surface area is 95.2 Å². The summed E-state index contributed by atoms with van der Waals surface area (Å²) in [6, 6.07) is 4.76. The van der Waals surface area contributed by atoms with Crippen LogP contribution in [0, 0.1) is 0 Å². The van der Waals surface area contributed by atoms with Crippen LogP contribution < -0.4 is 5.32 Å². The maximum absolute atomic E-state index is 11.3. The predicted molar refractivity (Wildman–Crippen MR) is 62.8 cm³/mol. The van der Waals surface area contributed by atoms with Gasteiger partial charge in [0.05, 0.1) is 7.11 Å². The third kappa shape index (κ3) is 3.15. The molecule has 4 nitrogen and oxygen atoms in total. The Kier molecular flexibility index (Phi) is 3.42. The van der Waals surface area contributed by atoms with E-state index in [1.54, 1.807) is 12.1 Å². The molecule has 88 valence electrons. The lowest BCUT2D eigenvalue weighted by Gasteiger charge is -2.22. The molecule has 0 saturated heterocycles. The number of esters is 1. The van der Waals surface area contributed by atoms with Gasteiger partial charge in [-0.3, -0.25) is 0 Å². The Hall–Kier alpha value is -1.71. The zero-order valence-electron chi connectivity index (χ0n) is 10.00. The smallest absolute Gasteiger partial charge is 0.341 e. The molecular weight excluding hydrogens is 206 g/mol. The number of hydrogen-bond donors (Lipinski definition) is 2. The van der Waals surface area contributed by atoms with Gasteiger partial charge in [0.2, 0.25) is 0 Å². The van der Waals surface area contributed by atoms with Crippen LogP contribution in [0.15, 0.2) is 18.2 Å². The number of methoxy groups -OCH3 is 1. The Morgan fingerprint density at radius 2 is 2.00 bits per heavy atom. The molecule has 2 N–H and O–H groups in total. The van der Waals surface area contributed by atoms with Crippen LogP contribution in [0.25, 0.3) is 0 Å². The summed E-state index contributed by atoms with van der Waals surface area (Å²) in [6.45, 7) is 6.03. The van der Waals surface area contributed by atoms with Crippen molar-refractivity contribution in [3.05, 3.63) is 23.8 Å². The van der Waals surface area contributed by atoms with Crippen molar-refractivity contribution in [2.24, 2.45) is 0 Å². The minimum atomic E-state index is -0.546. The molecule has 1 aromatic carbocycles. The number of carbonyl (C=O) groups is 1. The molecule has 4 heteroatoms. The fraction of sp³-hybridized carbons (Fsp3) is 0.417. The van der Waals surface area contributed by atoms with Gasteiger partial charge in [-0.25, -0.2) is 4.79 Å². The van der Waals surface area contributed by atoms with Crippen LogP contribution in [-0.2, 0) is 4.74 Å². The fourth-order valence-electron chi connectivity index (χ4n) is 1.32. The first-order chi connectivity index (χ1) is 7.33. The first-order valence-corrected chi connectivity index (χ1v) is 5.03. The fourth-order valence-corrected chi connectivity index (χ4v) is 1.32. The van der Waals surface area contributed by atoms with Crippen LogP contribution in [0.5, 0.6) is 5.75 Å². The number of carbonyl (C=O) groups excluding carboxylic acids is 1. The van der Waals surface area contributed by atoms with E-state index in [-0.39, 0.29) is 16.9 Å². The van der Waals surface area contributed by atoms with Gasteiger partial charge in [0, 0.05) is 11.2 Å². The van der Waals surface area contributed by atoms with E-state index in [4.69, 9.17) is 0 Å². The first kappa shape index (κ1) is 12.4. The van der Waals surface area contributed by atoms with E-state index in [1.165, 1.54) is 13.2 Å². The number of benzene rings is 1. The Balaban J connectivity index is 3.03. The van der Waals surface area contributed by atoms with E-state index in [1.807, 2.05) is 20.8 Å². The second-order valence-corrected chi connectivity index (χ2v) is 4.60. The molecule has 0 unspecified atom stereocenters. The lowest BCUT2D eigenvalue weighted by atomic mass is 10.1. The lowest BCUT2D eigenvalue weighted by molar-refractivity contribution is 0.0597. The highest BCUT2D eigenvalue weighted by molar-refractivity contribution is 5.93. The highest BCUT2D eigenvalue weighted by Crippen LogP contribution is 2.24. The summed E-state index contributed by atoms with van der Waals surface area (Å²) >= 11 is 0. The number of nitrogens with one attached hydrogen (secondary N) is 1. The summed E-state index contributed by atoms with van der Waals surface area (Å²) in [5.74, 6) is -0.624. The number of ether oxygens (including phenoxy) is 1. The van der Waals surface area contributed by atoms with Crippen LogP contribution in [0.4, 0.5) is 5.69 Å². The molecule has 0 aliphatic carbocycles. The average molecular weight is 223 g/mol. The Morgan fingerprint density at radius 1 is 1.38 bits per heavy atom. The lowest BCUT2D eigenvalue weighted by Crippen LogP contribution is -2.26. The Morgan fingerprint density at radius 3 is 2.50 bits per heavy atom. The summed E-state index contributed by atoms with van der Waals surface area (Å²) in [6.07, 6.45) is 0. The van der Waals surface area contributed by atoms with Gasteiger partial charge in [-0.1, -0.05) is 0 Å². The van der Waals surface area contributed by atoms with Crippen molar-refractivity contribution in [3.8, 4) is 5.75 Å². The number of phenols is 1. The molecule has 16 heavy (non-hydrogen) atoms. The molecule has 0 aliphatic heterocycles. The zero-order valence-corrected chi connectivity index (χ0v) is 10.00. The summed E-state index contributed by atoms with van der Waals surface area (Å²) < 4.78 is 4.58. The molecule has 0 saturated carbocycles. The minimum Gasteiger partial charge on any atom is -0.507 e. The van der Waals surface area contributed by atoms with E-state index in [9.17, 15) is 9.90 Å². The summed E-state index contributed by atoms with van der Waals surface area (Å²) in [5.41, 5.74) is 0.826. The van der Waals surface area contributed by atoms with Gasteiger partial charge in [-0.2, -0.15) is 0 Å². The molecule has 0 fully saturated rings. The second kappa shape index (κ2) is 4.43. The van der Waals surface area contributed by atoms with Gasteiger partial charge in [0.1, 0.15) is 11.3 Å². The van der Waals surface area contributed by atoms with Gasteiger partial charge in [0.15, 0.2) is 0 Å². The number of aromatic hydroxyl groups is 1. The van der Waals surface area contributed by atoms with Crippen LogP contribution in [0.3, 0.4) is 0 Å². The minimum absolute atomic E-state index is 0.0775. The molecule has 0 aromatic heterocycles. The maximum atomic E-state index is 11.3. The van der Waals surface area contributed by atoms with Gasteiger partial charge in [0.25, 0.3) is 0 Å². The molecule has 1 aromatic rings. The molecule has 0 aliphatic rings. The zero-order chi connectivity index (χ0) is 12.3. The largest absolute Gasteiger partial charge is 0.507 e. The standard InChI is InChI=1S/C12H17NO3/c1-12(2,3)13-8-5-6-10(14)9(7-8)11(15)16-4/h5-7,13-14H,1-4H3. The molecule has 0 spiro atoms. The van der Waals surface area contributed by atoms with Gasteiger partial charge < -0.3 is 15.2 Å². The third-order valence-corrected chi connectivity index (χ3v) is 1.92. The Bertz CT molecular complexity index is 394. The van der Waals surface area contributed by atoms with Crippen molar-refractivity contribution in [1.82, 2.24) is 0 Å². The number of hydrogen-bond acceptors (Lipinski definition) is 4. The van der Waals surface area contributed by atoms with Crippen molar-refractivity contribution in [2.75, 3.05) is 12.4 Å². The topological polar surface area (TPSA) is 58.6 Å². The van der Waals surface area contributed by atoms with Crippen LogP contribution in [0.1, 0.15) is 31.1 Å². The normalized spacial score (nSPS) is 11.0. The van der Waals surface area contributed by atoms with E-state index in [0.717, 1.165) is 5.69 Å². The highest BCUT2D eigenvalue weighted by Gasteiger charge is 2.14. The van der Waals surface area contributed by atoms with Gasteiger partial charge in [-0.05, 0) is 39.0 Å². The molecule has 0 bridgehead atoms. The van der Waals surface area contributed by atoms with E-state index in [0.29, 0.717) is 0 Å². The molecule has 0 atom stereocenters. The van der Waals surface area contributed by atoms with Crippen molar-refractivity contribution in [3.63, 3.8) is 0 Å². The molecule has 0 amide bonds. The van der Waals surface area contributed by atoms with Crippen molar-refractivity contribution < 1.29 is 14.6 Å². The number of phenolic OH excluding ortho intramolecular Hbond substituents is 1. The quantitative estimate of drug-likeness (QED) is 0.597. The maximum Gasteiger partial charge on any atom is 0.341 e. The van der Waals surface area contributed by atoms with E-state index < -0.39 is 5.97 Å². The first-order valence-electron chi connectivity index (χ1n) is 5.03. The monoisotopic (exact) mass is 223 g/mol.